The zero-order valence-electron chi connectivity index (χ0n) is 10.7. The van der Waals surface area contributed by atoms with E-state index in [1.54, 1.807) is 13.0 Å². The number of nitrogens with one attached hydrogen (secondary N) is 2. The molecule has 0 amide bonds. The van der Waals surface area contributed by atoms with Crippen molar-refractivity contribution in [2.45, 2.75) is 20.4 Å². The second kappa shape index (κ2) is 6.82. The van der Waals surface area contributed by atoms with E-state index in [2.05, 4.69) is 10.0 Å². The molecule has 1 aromatic rings. The first-order valence-corrected chi connectivity index (χ1v) is 7.53. The number of hydrogen-bond donors (Lipinski definition) is 2. The number of hydrogen-bond acceptors (Lipinski definition) is 3. The van der Waals surface area contributed by atoms with Gasteiger partial charge in [-0.1, -0.05) is 13.0 Å². The molecule has 0 atom stereocenters. The smallest absolute Gasteiger partial charge is 0.212 e. The summed E-state index contributed by atoms with van der Waals surface area (Å²) in [7, 11) is -3.19. The molecule has 0 heterocycles. The highest BCUT2D eigenvalue weighted by Gasteiger charge is 2.07. The van der Waals surface area contributed by atoms with Crippen molar-refractivity contribution in [3.63, 3.8) is 0 Å². The minimum atomic E-state index is -3.19. The van der Waals surface area contributed by atoms with Crippen LogP contribution in [-0.2, 0) is 16.6 Å². The molecule has 1 rings (SSSR count). The van der Waals surface area contributed by atoms with Gasteiger partial charge in [-0.2, -0.15) is 0 Å². The van der Waals surface area contributed by atoms with Gasteiger partial charge in [0.2, 0.25) is 10.0 Å². The van der Waals surface area contributed by atoms with Crippen LogP contribution in [0.1, 0.15) is 18.1 Å². The van der Waals surface area contributed by atoms with Gasteiger partial charge in [0, 0.05) is 19.6 Å². The van der Waals surface area contributed by atoms with E-state index in [4.69, 9.17) is 0 Å². The predicted molar refractivity (Wildman–Crippen MR) is 70.3 cm³/mol. The average Bonchev–Trinajstić information content (AvgIpc) is 2.29. The molecule has 18 heavy (non-hydrogen) atoms. The van der Waals surface area contributed by atoms with E-state index in [0.717, 1.165) is 11.1 Å². The van der Waals surface area contributed by atoms with E-state index >= 15 is 0 Å². The normalized spacial score (nSPS) is 11.7. The second-order valence-corrected chi connectivity index (χ2v) is 5.99. The van der Waals surface area contributed by atoms with E-state index in [9.17, 15) is 12.8 Å². The fraction of sp³-hybridized carbons (Fsp3) is 0.500. The molecule has 0 fully saturated rings. The Labute approximate surface area is 108 Å². The summed E-state index contributed by atoms with van der Waals surface area (Å²) in [6.45, 7) is 4.83. The lowest BCUT2D eigenvalue weighted by atomic mass is 10.1. The van der Waals surface area contributed by atoms with E-state index in [-0.39, 0.29) is 11.6 Å². The van der Waals surface area contributed by atoms with Crippen molar-refractivity contribution in [2.75, 3.05) is 18.8 Å². The highest BCUT2D eigenvalue weighted by Crippen LogP contribution is 2.09. The van der Waals surface area contributed by atoms with E-state index in [0.29, 0.717) is 19.6 Å². The summed E-state index contributed by atoms with van der Waals surface area (Å²) in [6.07, 6.45) is 0. The maximum Gasteiger partial charge on any atom is 0.212 e. The number of halogens is 1. The number of aryl methyl sites for hydroxylation is 1. The van der Waals surface area contributed by atoms with Crippen molar-refractivity contribution < 1.29 is 12.8 Å². The Bertz CT molecular complexity index is 489. The Morgan fingerprint density at radius 1 is 1.33 bits per heavy atom. The molecule has 0 bridgehead atoms. The molecule has 0 aliphatic heterocycles. The van der Waals surface area contributed by atoms with Crippen LogP contribution in [0.25, 0.3) is 0 Å². The maximum atomic E-state index is 13.0. The third kappa shape index (κ3) is 5.12. The minimum absolute atomic E-state index is 0.0230. The van der Waals surface area contributed by atoms with Gasteiger partial charge in [0.05, 0.1) is 5.75 Å². The lowest BCUT2D eigenvalue weighted by molar-refractivity contribution is 0.578. The molecule has 1 aromatic carbocycles. The Morgan fingerprint density at radius 3 is 2.72 bits per heavy atom. The number of rotatable bonds is 7. The SMILES string of the molecule is CCNS(=O)(=O)CCNCc1cc(F)ccc1C. The molecule has 0 saturated heterocycles. The quantitative estimate of drug-likeness (QED) is 0.734. The molecule has 0 spiro atoms. The first-order valence-electron chi connectivity index (χ1n) is 5.87. The number of benzene rings is 1. The largest absolute Gasteiger partial charge is 0.312 e. The lowest BCUT2D eigenvalue weighted by Crippen LogP contribution is -2.31. The van der Waals surface area contributed by atoms with Crippen molar-refractivity contribution in [1.29, 1.82) is 0 Å². The van der Waals surface area contributed by atoms with Gasteiger partial charge in [0.15, 0.2) is 0 Å². The van der Waals surface area contributed by atoms with Gasteiger partial charge >= 0.3 is 0 Å². The topological polar surface area (TPSA) is 58.2 Å². The predicted octanol–water partition coefficient (Wildman–Crippen LogP) is 1.16. The first-order chi connectivity index (χ1) is 8.44. The standard InChI is InChI=1S/C12H19FN2O2S/c1-3-15-18(16,17)7-6-14-9-11-8-12(13)5-4-10(11)2/h4-5,8,14-15H,3,6-7,9H2,1-2H3. The Morgan fingerprint density at radius 2 is 2.06 bits per heavy atom. The third-order valence-electron chi connectivity index (χ3n) is 2.54. The minimum Gasteiger partial charge on any atom is -0.312 e. The van der Waals surface area contributed by atoms with Crippen LogP contribution in [0.4, 0.5) is 4.39 Å². The maximum absolute atomic E-state index is 13.0. The van der Waals surface area contributed by atoms with E-state index < -0.39 is 10.0 Å². The lowest BCUT2D eigenvalue weighted by Gasteiger charge is -2.08. The summed E-state index contributed by atoms with van der Waals surface area (Å²) >= 11 is 0. The van der Waals surface area contributed by atoms with Crippen LogP contribution in [0.2, 0.25) is 0 Å². The van der Waals surface area contributed by atoms with Gasteiger partial charge in [0.1, 0.15) is 5.82 Å². The Kier molecular flexibility index (Phi) is 5.71. The van der Waals surface area contributed by atoms with Gasteiger partial charge in [0.25, 0.3) is 0 Å². The number of sulfonamides is 1. The molecule has 2 N–H and O–H groups in total. The summed E-state index contributed by atoms with van der Waals surface area (Å²) in [5, 5.41) is 3.00. The van der Waals surface area contributed by atoms with Crippen molar-refractivity contribution in [2.24, 2.45) is 0 Å². The molecule has 0 aliphatic rings. The second-order valence-electron chi connectivity index (χ2n) is 4.06. The van der Waals surface area contributed by atoms with Crippen molar-refractivity contribution >= 4 is 10.0 Å². The highest BCUT2D eigenvalue weighted by atomic mass is 32.2. The molecule has 0 unspecified atom stereocenters. The van der Waals surface area contributed by atoms with Crippen LogP contribution in [0.15, 0.2) is 18.2 Å². The molecule has 0 radical (unpaired) electrons. The van der Waals surface area contributed by atoms with Crippen LogP contribution < -0.4 is 10.0 Å². The van der Waals surface area contributed by atoms with Crippen molar-refractivity contribution in [3.8, 4) is 0 Å². The summed E-state index contributed by atoms with van der Waals surface area (Å²) < 4.78 is 38.1. The fourth-order valence-corrected chi connectivity index (χ4v) is 2.55. The van der Waals surface area contributed by atoms with Crippen molar-refractivity contribution in [1.82, 2.24) is 10.0 Å². The Balaban J connectivity index is 2.40. The molecular formula is C12H19FN2O2S. The molecule has 0 aromatic heterocycles. The monoisotopic (exact) mass is 274 g/mol. The fourth-order valence-electron chi connectivity index (χ4n) is 1.55. The van der Waals surface area contributed by atoms with Gasteiger partial charge < -0.3 is 5.32 Å². The van der Waals surface area contributed by atoms with Gasteiger partial charge in [-0.15, -0.1) is 0 Å². The van der Waals surface area contributed by atoms with Crippen LogP contribution >= 0.6 is 0 Å². The summed E-state index contributed by atoms with van der Waals surface area (Å²) in [5.74, 6) is -0.257. The molecular weight excluding hydrogens is 255 g/mol. The van der Waals surface area contributed by atoms with Gasteiger partial charge in [-0.25, -0.2) is 17.5 Å². The molecule has 0 aliphatic carbocycles. The average molecular weight is 274 g/mol. The van der Waals surface area contributed by atoms with Crippen LogP contribution in [0.5, 0.6) is 0 Å². The van der Waals surface area contributed by atoms with Crippen LogP contribution in [-0.4, -0.2) is 27.3 Å². The summed E-state index contributed by atoms with van der Waals surface area (Å²) in [4.78, 5) is 0. The molecule has 102 valence electrons. The summed E-state index contributed by atoms with van der Waals surface area (Å²) in [5.41, 5.74) is 1.83. The van der Waals surface area contributed by atoms with Crippen LogP contribution in [0, 0.1) is 12.7 Å². The zero-order chi connectivity index (χ0) is 13.6. The van der Waals surface area contributed by atoms with Crippen molar-refractivity contribution in [3.05, 3.63) is 35.1 Å². The molecule has 6 heteroatoms. The summed E-state index contributed by atoms with van der Waals surface area (Å²) in [6, 6.07) is 4.58. The Hall–Kier alpha value is -0.980. The molecule has 4 nitrogen and oxygen atoms in total. The van der Waals surface area contributed by atoms with Gasteiger partial charge in [-0.3, -0.25) is 0 Å². The van der Waals surface area contributed by atoms with E-state index in [1.807, 2.05) is 6.92 Å². The zero-order valence-corrected chi connectivity index (χ0v) is 11.5. The molecule has 0 saturated carbocycles. The van der Waals surface area contributed by atoms with Gasteiger partial charge in [-0.05, 0) is 30.2 Å². The first kappa shape index (κ1) is 15.1. The highest BCUT2D eigenvalue weighted by molar-refractivity contribution is 7.89. The van der Waals surface area contributed by atoms with E-state index in [1.165, 1.54) is 12.1 Å². The third-order valence-corrected chi connectivity index (χ3v) is 4.01. The van der Waals surface area contributed by atoms with Crippen LogP contribution in [0.3, 0.4) is 0 Å².